The lowest BCUT2D eigenvalue weighted by Gasteiger charge is -2.05. The zero-order valence-electron chi connectivity index (χ0n) is 11.2. The number of nitrogens with zero attached hydrogens (tertiary/aromatic N) is 2. The molecule has 104 valence electrons. The van der Waals surface area contributed by atoms with E-state index in [1.165, 1.54) is 11.3 Å². The van der Waals surface area contributed by atoms with Crippen molar-refractivity contribution in [3.63, 3.8) is 0 Å². The Bertz CT molecular complexity index is 657. The van der Waals surface area contributed by atoms with Gasteiger partial charge in [-0.1, -0.05) is 6.07 Å². The SMILES string of the molecule is CCn1nc(C)c(CNS(=O)(=O)c2cccs2)c1C. The van der Waals surface area contributed by atoms with E-state index in [0.717, 1.165) is 23.5 Å². The highest BCUT2D eigenvalue weighted by molar-refractivity contribution is 7.91. The molecule has 0 aromatic carbocycles. The third kappa shape index (κ3) is 2.88. The molecule has 0 aliphatic carbocycles. The van der Waals surface area contributed by atoms with Gasteiger partial charge in [-0.05, 0) is 32.2 Å². The van der Waals surface area contributed by atoms with Gasteiger partial charge < -0.3 is 0 Å². The highest BCUT2D eigenvalue weighted by Gasteiger charge is 2.17. The van der Waals surface area contributed by atoms with Crippen molar-refractivity contribution in [2.45, 2.75) is 38.1 Å². The summed E-state index contributed by atoms with van der Waals surface area (Å²) in [5.74, 6) is 0. The van der Waals surface area contributed by atoms with Crippen LogP contribution in [0.2, 0.25) is 0 Å². The van der Waals surface area contributed by atoms with Gasteiger partial charge in [0.2, 0.25) is 10.0 Å². The summed E-state index contributed by atoms with van der Waals surface area (Å²) < 4.78 is 28.9. The second-order valence-electron chi connectivity index (χ2n) is 4.22. The Hall–Kier alpha value is -1.18. The van der Waals surface area contributed by atoms with E-state index in [4.69, 9.17) is 0 Å². The van der Waals surface area contributed by atoms with Crippen LogP contribution in [0.5, 0.6) is 0 Å². The molecule has 2 aromatic heterocycles. The fraction of sp³-hybridized carbons (Fsp3) is 0.417. The molecule has 0 radical (unpaired) electrons. The Morgan fingerprint density at radius 3 is 2.68 bits per heavy atom. The fourth-order valence-corrected chi connectivity index (χ4v) is 3.99. The standard InChI is InChI=1S/C12H17N3O2S2/c1-4-15-10(3)11(9(2)14-15)8-13-19(16,17)12-6-5-7-18-12/h5-7,13H,4,8H2,1-3H3. The van der Waals surface area contributed by atoms with Crippen molar-refractivity contribution >= 4 is 21.4 Å². The molecule has 0 aliphatic heterocycles. The van der Waals surface area contributed by atoms with Crippen LogP contribution in [0.25, 0.3) is 0 Å². The maximum Gasteiger partial charge on any atom is 0.250 e. The molecule has 0 fully saturated rings. The van der Waals surface area contributed by atoms with Gasteiger partial charge in [0.15, 0.2) is 0 Å². The average molecular weight is 299 g/mol. The number of hydrogen-bond acceptors (Lipinski definition) is 4. The summed E-state index contributed by atoms with van der Waals surface area (Å²) in [5, 5.41) is 6.13. The third-order valence-electron chi connectivity index (χ3n) is 3.03. The molecule has 0 spiro atoms. The van der Waals surface area contributed by atoms with Gasteiger partial charge in [0.1, 0.15) is 4.21 Å². The summed E-state index contributed by atoms with van der Waals surface area (Å²) in [7, 11) is -3.41. The van der Waals surface area contributed by atoms with Gasteiger partial charge in [-0.2, -0.15) is 5.10 Å². The summed E-state index contributed by atoms with van der Waals surface area (Å²) in [6.07, 6.45) is 0. The summed E-state index contributed by atoms with van der Waals surface area (Å²) in [6, 6.07) is 3.33. The van der Waals surface area contributed by atoms with Gasteiger partial charge in [-0.3, -0.25) is 4.68 Å². The monoisotopic (exact) mass is 299 g/mol. The third-order valence-corrected chi connectivity index (χ3v) is 5.83. The van der Waals surface area contributed by atoms with Gasteiger partial charge in [0, 0.05) is 24.3 Å². The maximum atomic E-state index is 12.0. The van der Waals surface area contributed by atoms with Crippen LogP contribution in [0.1, 0.15) is 23.9 Å². The minimum atomic E-state index is -3.41. The molecule has 1 N–H and O–H groups in total. The van der Waals surface area contributed by atoms with Gasteiger partial charge in [0.25, 0.3) is 0 Å². The number of hydrogen-bond donors (Lipinski definition) is 1. The van der Waals surface area contributed by atoms with E-state index in [2.05, 4.69) is 9.82 Å². The van der Waals surface area contributed by atoms with Gasteiger partial charge >= 0.3 is 0 Å². The average Bonchev–Trinajstić information content (AvgIpc) is 2.97. The number of aryl methyl sites for hydroxylation is 2. The molecule has 2 aromatic rings. The Morgan fingerprint density at radius 2 is 2.16 bits per heavy atom. The highest BCUT2D eigenvalue weighted by atomic mass is 32.2. The molecule has 2 rings (SSSR count). The Labute approximate surface area is 117 Å². The molecule has 19 heavy (non-hydrogen) atoms. The summed E-state index contributed by atoms with van der Waals surface area (Å²) >= 11 is 1.21. The van der Waals surface area contributed by atoms with Crippen molar-refractivity contribution in [1.82, 2.24) is 14.5 Å². The van der Waals surface area contributed by atoms with Crippen molar-refractivity contribution in [3.8, 4) is 0 Å². The van der Waals surface area contributed by atoms with Crippen LogP contribution >= 0.6 is 11.3 Å². The van der Waals surface area contributed by atoms with Gasteiger partial charge in [0.05, 0.1) is 5.69 Å². The first-order valence-corrected chi connectivity index (χ1v) is 8.38. The Balaban J connectivity index is 2.18. The van der Waals surface area contributed by atoms with Crippen molar-refractivity contribution < 1.29 is 8.42 Å². The van der Waals surface area contributed by atoms with E-state index in [1.54, 1.807) is 17.5 Å². The molecule has 2 heterocycles. The first-order chi connectivity index (χ1) is 8.95. The quantitative estimate of drug-likeness (QED) is 0.919. The van der Waals surface area contributed by atoms with Crippen LogP contribution in [0.15, 0.2) is 21.7 Å². The van der Waals surface area contributed by atoms with E-state index >= 15 is 0 Å². The predicted octanol–water partition coefficient (Wildman–Crippen LogP) is 2.06. The molecule has 0 aliphatic rings. The van der Waals surface area contributed by atoms with Crippen LogP contribution < -0.4 is 4.72 Å². The smallest absolute Gasteiger partial charge is 0.250 e. The van der Waals surface area contributed by atoms with Crippen molar-refractivity contribution in [1.29, 1.82) is 0 Å². The maximum absolute atomic E-state index is 12.0. The molecule has 0 amide bonds. The van der Waals surface area contributed by atoms with E-state index in [0.29, 0.717) is 4.21 Å². The summed E-state index contributed by atoms with van der Waals surface area (Å²) in [6.45, 7) is 6.92. The number of sulfonamides is 1. The zero-order valence-corrected chi connectivity index (χ0v) is 12.8. The van der Waals surface area contributed by atoms with E-state index in [1.807, 2.05) is 25.5 Å². The second kappa shape index (κ2) is 5.44. The first-order valence-electron chi connectivity index (χ1n) is 6.01. The number of rotatable bonds is 5. The molecule has 0 atom stereocenters. The van der Waals surface area contributed by atoms with E-state index in [-0.39, 0.29) is 6.54 Å². The fourth-order valence-electron chi connectivity index (χ4n) is 1.95. The summed E-state index contributed by atoms with van der Waals surface area (Å²) in [5.41, 5.74) is 2.82. The molecule has 7 heteroatoms. The zero-order chi connectivity index (χ0) is 14.0. The van der Waals surface area contributed by atoms with Gasteiger partial charge in [-0.25, -0.2) is 13.1 Å². The normalized spacial score (nSPS) is 11.9. The molecule has 0 bridgehead atoms. The topological polar surface area (TPSA) is 64.0 Å². The lowest BCUT2D eigenvalue weighted by atomic mass is 10.2. The molecule has 0 saturated heterocycles. The molecular weight excluding hydrogens is 282 g/mol. The molecule has 0 saturated carbocycles. The van der Waals surface area contributed by atoms with Gasteiger partial charge in [-0.15, -0.1) is 11.3 Å². The van der Waals surface area contributed by atoms with E-state index in [9.17, 15) is 8.42 Å². The number of thiophene rings is 1. The van der Waals surface area contributed by atoms with Crippen LogP contribution in [0.3, 0.4) is 0 Å². The molecule has 0 unspecified atom stereocenters. The van der Waals surface area contributed by atoms with Crippen molar-refractivity contribution in [2.75, 3.05) is 0 Å². The lowest BCUT2D eigenvalue weighted by molar-refractivity contribution is 0.583. The number of nitrogens with one attached hydrogen (secondary N) is 1. The Morgan fingerprint density at radius 1 is 1.42 bits per heavy atom. The van der Waals surface area contributed by atoms with Crippen molar-refractivity contribution in [2.24, 2.45) is 0 Å². The second-order valence-corrected chi connectivity index (χ2v) is 7.16. The van der Waals surface area contributed by atoms with Crippen LogP contribution in [-0.4, -0.2) is 18.2 Å². The van der Waals surface area contributed by atoms with Crippen LogP contribution in [0, 0.1) is 13.8 Å². The number of aromatic nitrogens is 2. The molecular formula is C12H17N3O2S2. The minimum Gasteiger partial charge on any atom is -0.270 e. The van der Waals surface area contributed by atoms with Crippen LogP contribution in [-0.2, 0) is 23.1 Å². The largest absolute Gasteiger partial charge is 0.270 e. The molecule has 5 nitrogen and oxygen atoms in total. The highest BCUT2D eigenvalue weighted by Crippen LogP contribution is 2.17. The van der Waals surface area contributed by atoms with Crippen LogP contribution in [0.4, 0.5) is 0 Å². The lowest BCUT2D eigenvalue weighted by Crippen LogP contribution is -2.23. The predicted molar refractivity (Wildman–Crippen MR) is 75.7 cm³/mol. The van der Waals surface area contributed by atoms with Crippen molar-refractivity contribution in [3.05, 3.63) is 34.5 Å². The summed E-state index contributed by atoms with van der Waals surface area (Å²) in [4.78, 5) is 0. The van der Waals surface area contributed by atoms with E-state index < -0.39 is 10.0 Å². The Kier molecular flexibility index (Phi) is 4.07. The first kappa shape index (κ1) is 14.2. The minimum absolute atomic E-state index is 0.276.